The van der Waals surface area contributed by atoms with Crippen LogP contribution >= 0.6 is 0 Å². The Morgan fingerprint density at radius 1 is 1.32 bits per heavy atom. The van der Waals surface area contributed by atoms with Gasteiger partial charge in [-0.3, -0.25) is 4.79 Å². The monoisotopic (exact) mass is 301 g/mol. The third kappa shape index (κ3) is 3.51. The standard InChI is InChI=1S/C16H19N3O3/c1-11-4-6-12(7-5-11)16-19-18-14(22-16)8-9-17-15(20)13-3-2-10-21-13/h4-7,13H,2-3,8-10H2,1H3,(H,17,20). The quantitative estimate of drug-likeness (QED) is 0.912. The van der Waals surface area contributed by atoms with Crippen LogP contribution in [0.1, 0.15) is 24.3 Å². The second-order valence-electron chi connectivity index (χ2n) is 5.41. The summed E-state index contributed by atoms with van der Waals surface area (Å²) in [4.78, 5) is 11.8. The van der Waals surface area contributed by atoms with Crippen molar-refractivity contribution in [1.82, 2.24) is 15.5 Å². The van der Waals surface area contributed by atoms with Crippen LogP contribution in [0.15, 0.2) is 28.7 Å². The van der Waals surface area contributed by atoms with Crippen molar-refractivity contribution >= 4 is 5.91 Å². The molecule has 0 spiro atoms. The minimum atomic E-state index is -0.300. The summed E-state index contributed by atoms with van der Waals surface area (Å²) in [6, 6.07) is 7.90. The number of nitrogens with one attached hydrogen (secondary N) is 1. The van der Waals surface area contributed by atoms with Gasteiger partial charge in [0.25, 0.3) is 0 Å². The highest BCUT2D eigenvalue weighted by atomic mass is 16.5. The highest BCUT2D eigenvalue weighted by Gasteiger charge is 2.23. The Kier molecular flexibility index (Phi) is 4.48. The maximum absolute atomic E-state index is 11.8. The van der Waals surface area contributed by atoms with Crippen LogP contribution in [-0.2, 0) is 16.0 Å². The molecule has 6 nitrogen and oxygen atoms in total. The van der Waals surface area contributed by atoms with Crippen LogP contribution < -0.4 is 5.32 Å². The number of nitrogens with zero attached hydrogens (tertiary/aromatic N) is 2. The Balaban J connectivity index is 1.51. The van der Waals surface area contributed by atoms with Gasteiger partial charge >= 0.3 is 0 Å². The van der Waals surface area contributed by atoms with Crippen molar-refractivity contribution in [2.75, 3.05) is 13.2 Å². The summed E-state index contributed by atoms with van der Waals surface area (Å²) in [5.74, 6) is 0.958. The molecule has 1 aliphatic heterocycles. The van der Waals surface area contributed by atoms with Crippen molar-refractivity contribution in [3.05, 3.63) is 35.7 Å². The molecule has 1 aliphatic rings. The van der Waals surface area contributed by atoms with Crippen LogP contribution in [0, 0.1) is 6.92 Å². The summed E-state index contributed by atoms with van der Waals surface area (Å²) in [6.45, 7) is 3.16. The fourth-order valence-electron chi connectivity index (χ4n) is 2.36. The lowest BCUT2D eigenvalue weighted by atomic mass is 10.1. The van der Waals surface area contributed by atoms with E-state index in [9.17, 15) is 4.79 Å². The van der Waals surface area contributed by atoms with Crippen molar-refractivity contribution in [2.24, 2.45) is 0 Å². The molecule has 22 heavy (non-hydrogen) atoms. The van der Waals surface area contributed by atoms with Gasteiger partial charge in [-0.25, -0.2) is 0 Å². The van der Waals surface area contributed by atoms with Gasteiger partial charge < -0.3 is 14.5 Å². The largest absolute Gasteiger partial charge is 0.421 e. The summed E-state index contributed by atoms with van der Waals surface area (Å²) in [5.41, 5.74) is 2.08. The zero-order chi connectivity index (χ0) is 15.4. The Hall–Kier alpha value is -2.21. The summed E-state index contributed by atoms with van der Waals surface area (Å²) in [7, 11) is 0. The van der Waals surface area contributed by atoms with Gasteiger partial charge in [-0.2, -0.15) is 0 Å². The van der Waals surface area contributed by atoms with Crippen molar-refractivity contribution in [3.8, 4) is 11.5 Å². The van der Waals surface area contributed by atoms with Gasteiger partial charge in [-0.1, -0.05) is 17.7 Å². The SMILES string of the molecule is Cc1ccc(-c2nnc(CCNC(=O)C3CCCO3)o2)cc1. The summed E-state index contributed by atoms with van der Waals surface area (Å²) >= 11 is 0. The molecule has 2 aromatic rings. The molecule has 116 valence electrons. The Morgan fingerprint density at radius 3 is 2.86 bits per heavy atom. The molecule has 0 saturated carbocycles. The maximum atomic E-state index is 11.8. The molecule has 1 N–H and O–H groups in total. The fraction of sp³-hybridized carbons (Fsp3) is 0.438. The molecular formula is C16H19N3O3. The van der Waals surface area contributed by atoms with Crippen molar-refractivity contribution in [2.45, 2.75) is 32.3 Å². The van der Waals surface area contributed by atoms with E-state index < -0.39 is 0 Å². The van der Waals surface area contributed by atoms with Gasteiger partial charge in [0.2, 0.25) is 17.7 Å². The van der Waals surface area contributed by atoms with Crippen molar-refractivity contribution in [1.29, 1.82) is 0 Å². The Bertz CT molecular complexity index is 630. The van der Waals surface area contributed by atoms with Crippen LogP contribution in [0.2, 0.25) is 0 Å². The van der Waals surface area contributed by atoms with Crippen LogP contribution in [-0.4, -0.2) is 35.4 Å². The van der Waals surface area contributed by atoms with E-state index in [1.807, 2.05) is 31.2 Å². The van der Waals surface area contributed by atoms with Crippen LogP contribution in [0.25, 0.3) is 11.5 Å². The average Bonchev–Trinajstić information content (AvgIpc) is 3.19. The smallest absolute Gasteiger partial charge is 0.249 e. The first kappa shape index (κ1) is 14.7. The van der Waals surface area contributed by atoms with Gasteiger partial charge in [0.05, 0.1) is 0 Å². The molecule has 1 unspecified atom stereocenters. The number of benzene rings is 1. The minimum Gasteiger partial charge on any atom is -0.421 e. The molecule has 0 aliphatic carbocycles. The summed E-state index contributed by atoms with van der Waals surface area (Å²) in [5, 5.41) is 10.9. The van der Waals surface area contributed by atoms with Gasteiger partial charge in [0, 0.05) is 25.1 Å². The lowest BCUT2D eigenvalue weighted by molar-refractivity contribution is -0.130. The number of aromatic nitrogens is 2. The van der Waals surface area contributed by atoms with Crippen LogP contribution in [0.3, 0.4) is 0 Å². The molecule has 0 radical (unpaired) electrons. The zero-order valence-electron chi connectivity index (χ0n) is 12.5. The first-order valence-electron chi connectivity index (χ1n) is 7.51. The third-order valence-corrected chi connectivity index (χ3v) is 3.63. The average molecular weight is 301 g/mol. The Labute approximate surface area is 128 Å². The number of amides is 1. The molecule has 2 heterocycles. The third-order valence-electron chi connectivity index (χ3n) is 3.63. The first-order chi connectivity index (χ1) is 10.7. The van der Waals surface area contributed by atoms with Gasteiger partial charge in [-0.05, 0) is 31.9 Å². The van der Waals surface area contributed by atoms with Crippen molar-refractivity contribution in [3.63, 3.8) is 0 Å². The van der Waals surface area contributed by atoms with Gasteiger partial charge in [-0.15, -0.1) is 10.2 Å². The van der Waals surface area contributed by atoms with E-state index in [1.54, 1.807) is 0 Å². The van der Waals surface area contributed by atoms with Crippen LogP contribution in [0.5, 0.6) is 0 Å². The second kappa shape index (κ2) is 6.70. The molecule has 6 heteroatoms. The zero-order valence-corrected chi connectivity index (χ0v) is 12.5. The predicted molar refractivity (Wildman–Crippen MR) is 80.2 cm³/mol. The lowest BCUT2D eigenvalue weighted by Gasteiger charge is -2.08. The van der Waals surface area contributed by atoms with Gasteiger partial charge in [0.15, 0.2) is 0 Å². The van der Waals surface area contributed by atoms with Gasteiger partial charge in [0.1, 0.15) is 6.10 Å². The molecule has 1 amide bonds. The molecule has 1 atom stereocenters. The number of aryl methyl sites for hydroxylation is 1. The number of carbonyl (C=O) groups excluding carboxylic acids is 1. The molecule has 0 bridgehead atoms. The van der Waals surface area contributed by atoms with E-state index in [2.05, 4.69) is 15.5 Å². The van der Waals surface area contributed by atoms with Crippen LogP contribution in [0.4, 0.5) is 0 Å². The highest BCUT2D eigenvalue weighted by Crippen LogP contribution is 2.18. The van der Waals surface area contributed by atoms with E-state index in [0.717, 1.165) is 18.4 Å². The molecular weight excluding hydrogens is 282 g/mol. The maximum Gasteiger partial charge on any atom is 0.249 e. The molecule has 1 aromatic carbocycles. The lowest BCUT2D eigenvalue weighted by Crippen LogP contribution is -2.35. The van der Waals surface area contributed by atoms with E-state index in [-0.39, 0.29) is 12.0 Å². The van der Waals surface area contributed by atoms with Crippen molar-refractivity contribution < 1.29 is 13.9 Å². The minimum absolute atomic E-state index is 0.0595. The van der Waals surface area contributed by atoms with E-state index in [1.165, 1.54) is 5.56 Å². The van der Waals surface area contributed by atoms with E-state index in [0.29, 0.717) is 31.4 Å². The topological polar surface area (TPSA) is 77.2 Å². The molecule has 1 fully saturated rings. The Morgan fingerprint density at radius 2 is 2.14 bits per heavy atom. The molecule has 1 saturated heterocycles. The number of rotatable bonds is 5. The summed E-state index contributed by atoms with van der Waals surface area (Å²) in [6.07, 6.45) is 1.95. The number of hydrogen-bond donors (Lipinski definition) is 1. The first-order valence-corrected chi connectivity index (χ1v) is 7.51. The summed E-state index contributed by atoms with van der Waals surface area (Å²) < 4.78 is 10.9. The predicted octanol–water partition coefficient (Wildman–Crippen LogP) is 1.88. The number of hydrogen-bond acceptors (Lipinski definition) is 5. The number of ether oxygens (including phenoxy) is 1. The molecule has 1 aromatic heterocycles. The second-order valence-corrected chi connectivity index (χ2v) is 5.41. The van der Waals surface area contributed by atoms with E-state index >= 15 is 0 Å². The normalized spacial score (nSPS) is 17.6. The molecule has 3 rings (SSSR count). The van der Waals surface area contributed by atoms with E-state index in [4.69, 9.17) is 9.15 Å². The fourth-order valence-corrected chi connectivity index (χ4v) is 2.36. The highest BCUT2D eigenvalue weighted by molar-refractivity contribution is 5.80. The number of carbonyl (C=O) groups is 1.